The van der Waals surface area contributed by atoms with Crippen molar-refractivity contribution >= 4 is 50.7 Å². The fraction of sp³-hybridized carbons (Fsp3) is 0.190. The van der Waals surface area contributed by atoms with E-state index in [0.29, 0.717) is 10.0 Å². The molecule has 1 aromatic heterocycles. The van der Waals surface area contributed by atoms with Gasteiger partial charge in [-0.05, 0) is 47.9 Å². The van der Waals surface area contributed by atoms with Gasteiger partial charge in [0.05, 0.1) is 0 Å². The standard InChI is InChI=1S/C20H17Cl2NO2S2.CH2O3/c1-20(14-5-3-2-4-6-14)12-18(20)23-27(24,25)19-8-7-17(26-19)13-9-15(21)11-16(22)10-13;2-1(3)4/h2-11,18,23H,12H2,1H3;(H2,2,3,4)/t18-,20+;/m0./s1. The predicted molar refractivity (Wildman–Crippen MR) is 123 cm³/mol. The van der Waals surface area contributed by atoms with E-state index in [2.05, 4.69) is 11.6 Å². The summed E-state index contributed by atoms with van der Waals surface area (Å²) >= 11 is 13.3. The van der Waals surface area contributed by atoms with Crippen LogP contribution in [0, 0.1) is 0 Å². The molecule has 0 spiro atoms. The lowest BCUT2D eigenvalue weighted by Crippen LogP contribution is -2.29. The Morgan fingerprint density at radius 1 is 1.06 bits per heavy atom. The van der Waals surface area contributed by atoms with Gasteiger partial charge in [-0.15, -0.1) is 11.3 Å². The van der Waals surface area contributed by atoms with Crippen molar-refractivity contribution in [3.8, 4) is 10.4 Å². The quantitative estimate of drug-likeness (QED) is 0.402. The van der Waals surface area contributed by atoms with E-state index in [1.54, 1.807) is 30.3 Å². The van der Waals surface area contributed by atoms with Gasteiger partial charge in [-0.25, -0.2) is 17.9 Å². The first kappa shape index (κ1) is 23.6. The molecule has 164 valence electrons. The van der Waals surface area contributed by atoms with Crippen molar-refractivity contribution in [3.63, 3.8) is 0 Å². The first-order chi connectivity index (χ1) is 14.5. The van der Waals surface area contributed by atoms with Gasteiger partial charge in [-0.2, -0.15) is 0 Å². The maximum Gasteiger partial charge on any atom is 0.503 e. The minimum atomic E-state index is -3.58. The van der Waals surface area contributed by atoms with Crippen molar-refractivity contribution in [2.45, 2.75) is 29.0 Å². The maximum atomic E-state index is 12.8. The summed E-state index contributed by atoms with van der Waals surface area (Å²) < 4.78 is 28.8. The fourth-order valence-electron chi connectivity index (χ4n) is 3.24. The molecule has 1 saturated carbocycles. The molecule has 3 N–H and O–H groups in total. The average Bonchev–Trinajstić information content (AvgIpc) is 3.10. The van der Waals surface area contributed by atoms with E-state index in [4.69, 9.17) is 38.2 Å². The van der Waals surface area contributed by atoms with Crippen LogP contribution in [0.5, 0.6) is 0 Å². The number of carboxylic acid groups (broad SMARTS) is 2. The van der Waals surface area contributed by atoms with Crippen LogP contribution in [-0.2, 0) is 15.4 Å². The van der Waals surface area contributed by atoms with Crippen LogP contribution in [0.4, 0.5) is 4.79 Å². The monoisotopic (exact) mass is 499 g/mol. The third-order valence-electron chi connectivity index (χ3n) is 4.96. The zero-order chi connectivity index (χ0) is 22.8. The number of benzene rings is 2. The normalized spacial score (nSPS) is 19.9. The molecule has 2 atom stereocenters. The van der Waals surface area contributed by atoms with Gasteiger partial charge >= 0.3 is 6.16 Å². The van der Waals surface area contributed by atoms with Crippen molar-refractivity contribution in [1.82, 2.24) is 4.72 Å². The zero-order valence-corrected chi connectivity index (χ0v) is 19.4. The van der Waals surface area contributed by atoms with Crippen molar-refractivity contribution < 1.29 is 23.4 Å². The van der Waals surface area contributed by atoms with Crippen molar-refractivity contribution in [1.29, 1.82) is 0 Å². The molecule has 10 heteroatoms. The molecule has 0 radical (unpaired) electrons. The summed E-state index contributed by atoms with van der Waals surface area (Å²) in [4.78, 5) is 9.36. The molecule has 0 saturated heterocycles. The van der Waals surface area contributed by atoms with Crippen LogP contribution >= 0.6 is 34.5 Å². The molecule has 0 unspecified atom stereocenters. The second-order valence-corrected chi connectivity index (χ2v) is 11.1. The van der Waals surface area contributed by atoms with E-state index in [1.165, 1.54) is 11.3 Å². The number of hydrogen-bond acceptors (Lipinski definition) is 4. The Bertz CT molecular complexity index is 1170. The molecule has 1 fully saturated rings. The molecule has 31 heavy (non-hydrogen) atoms. The third kappa shape index (κ3) is 5.78. The zero-order valence-electron chi connectivity index (χ0n) is 16.2. The highest BCUT2D eigenvalue weighted by Crippen LogP contribution is 2.48. The van der Waals surface area contributed by atoms with Gasteiger partial charge in [0.1, 0.15) is 4.21 Å². The molecule has 1 aliphatic rings. The summed E-state index contributed by atoms with van der Waals surface area (Å²) in [6.45, 7) is 2.09. The lowest BCUT2D eigenvalue weighted by molar-refractivity contribution is 0.137. The highest BCUT2D eigenvalue weighted by atomic mass is 35.5. The molecule has 0 aliphatic heterocycles. The summed E-state index contributed by atoms with van der Waals surface area (Å²) in [5.41, 5.74) is 1.80. The van der Waals surface area contributed by atoms with Gasteiger partial charge in [-0.3, -0.25) is 0 Å². The van der Waals surface area contributed by atoms with Crippen LogP contribution in [0.2, 0.25) is 10.0 Å². The summed E-state index contributed by atoms with van der Waals surface area (Å²) in [6.07, 6.45) is -1.04. The van der Waals surface area contributed by atoms with Crippen LogP contribution in [0.15, 0.2) is 64.9 Å². The van der Waals surface area contributed by atoms with E-state index in [1.807, 2.05) is 30.3 Å². The highest BCUT2D eigenvalue weighted by molar-refractivity contribution is 7.91. The van der Waals surface area contributed by atoms with Crippen molar-refractivity contribution in [3.05, 3.63) is 76.3 Å². The summed E-state index contributed by atoms with van der Waals surface area (Å²) in [5, 5.41) is 15.0. The molecule has 4 rings (SSSR count). The van der Waals surface area contributed by atoms with E-state index in [9.17, 15) is 8.42 Å². The second kappa shape index (κ2) is 9.18. The van der Waals surface area contributed by atoms with Gasteiger partial charge in [0, 0.05) is 26.4 Å². The number of thiophene rings is 1. The first-order valence-electron chi connectivity index (χ1n) is 9.07. The summed E-state index contributed by atoms with van der Waals surface area (Å²) in [7, 11) is -3.58. The predicted octanol–water partition coefficient (Wildman–Crippen LogP) is 5.95. The molecule has 0 bridgehead atoms. The molecular weight excluding hydrogens is 481 g/mol. The van der Waals surface area contributed by atoms with Crippen LogP contribution in [0.3, 0.4) is 0 Å². The van der Waals surface area contributed by atoms with Crippen LogP contribution in [0.1, 0.15) is 18.9 Å². The Morgan fingerprint density at radius 3 is 2.23 bits per heavy atom. The molecule has 6 nitrogen and oxygen atoms in total. The van der Waals surface area contributed by atoms with Crippen molar-refractivity contribution in [2.24, 2.45) is 0 Å². The largest absolute Gasteiger partial charge is 0.503 e. The Hall–Kier alpha value is -2.10. The Morgan fingerprint density at radius 2 is 1.65 bits per heavy atom. The third-order valence-corrected chi connectivity index (χ3v) is 8.50. The van der Waals surface area contributed by atoms with E-state index >= 15 is 0 Å². The maximum absolute atomic E-state index is 12.8. The van der Waals surface area contributed by atoms with Crippen LogP contribution in [-0.4, -0.2) is 30.8 Å². The van der Waals surface area contributed by atoms with Gasteiger partial charge in [0.2, 0.25) is 10.0 Å². The lowest BCUT2D eigenvalue weighted by atomic mass is 9.98. The molecular formula is C21H19Cl2NO5S2. The van der Waals surface area contributed by atoms with E-state index < -0.39 is 16.2 Å². The molecule has 1 heterocycles. The van der Waals surface area contributed by atoms with E-state index in [0.717, 1.165) is 22.4 Å². The Kier molecular flexibility index (Phi) is 6.98. The first-order valence-corrected chi connectivity index (χ1v) is 12.1. The number of halogens is 2. The highest BCUT2D eigenvalue weighted by Gasteiger charge is 2.53. The Balaban J connectivity index is 0.000000628. The van der Waals surface area contributed by atoms with E-state index in [-0.39, 0.29) is 15.7 Å². The van der Waals surface area contributed by atoms with Crippen molar-refractivity contribution in [2.75, 3.05) is 0 Å². The van der Waals surface area contributed by atoms with Gasteiger partial charge in [-0.1, -0.05) is 60.5 Å². The minimum Gasteiger partial charge on any atom is -0.450 e. The number of carbonyl (C=O) groups is 1. The van der Waals surface area contributed by atoms with Crippen LogP contribution < -0.4 is 4.72 Å². The lowest BCUT2D eigenvalue weighted by Gasteiger charge is -2.12. The molecule has 2 aromatic carbocycles. The number of sulfonamides is 1. The summed E-state index contributed by atoms with van der Waals surface area (Å²) in [5.74, 6) is 0. The second-order valence-electron chi connectivity index (χ2n) is 7.22. The van der Waals surface area contributed by atoms with Gasteiger partial charge < -0.3 is 10.2 Å². The molecule has 0 amide bonds. The minimum absolute atomic E-state index is 0.101. The number of nitrogens with one attached hydrogen (secondary N) is 1. The fourth-order valence-corrected chi connectivity index (χ4v) is 6.42. The number of hydrogen-bond donors (Lipinski definition) is 3. The average molecular weight is 500 g/mol. The van der Waals surface area contributed by atoms with Gasteiger partial charge in [0.15, 0.2) is 0 Å². The topological polar surface area (TPSA) is 104 Å². The van der Waals surface area contributed by atoms with Gasteiger partial charge in [0.25, 0.3) is 0 Å². The molecule has 1 aliphatic carbocycles. The smallest absolute Gasteiger partial charge is 0.450 e. The number of rotatable bonds is 5. The SMILES string of the molecule is C[C@]1(c2ccccc2)C[C@@H]1NS(=O)(=O)c1ccc(-c2cc(Cl)cc(Cl)c2)s1.O=C(O)O. The Labute approximate surface area is 194 Å². The summed E-state index contributed by atoms with van der Waals surface area (Å²) in [6, 6.07) is 18.5. The molecule has 3 aromatic rings. The van der Waals surface area contributed by atoms with Crippen LogP contribution in [0.25, 0.3) is 10.4 Å².